The minimum absolute atomic E-state index is 0.238. The molecule has 0 aromatic heterocycles. The molecule has 0 aliphatic heterocycles. The van der Waals surface area contributed by atoms with E-state index in [1.807, 2.05) is 0 Å². The quantitative estimate of drug-likeness (QED) is 0.760. The van der Waals surface area contributed by atoms with Gasteiger partial charge in [-0.3, -0.25) is 0 Å². The van der Waals surface area contributed by atoms with Crippen molar-refractivity contribution in [1.29, 1.82) is 0 Å². The normalized spacial score (nSPS) is 10.4. The molecule has 0 fully saturated rings. The molecule has 0 bridgehead atoms. The van der Waals surface area contributed by atoms with Crippen LogP contribution in [0.15, 0.2) is 45.9 Å². The van der Waals surface area contributed by atoms with Crippen molar-refractivity contribution in [3.63, 3.8) is 0 Å². The first-order chi connectivity index (χ1) is 7.45. The van der Waals surface area contributed by atoms with Gasteiger partial charge in [0.25, 0.3) is 0 Å². The number of sulfone groups is 1. The summed E-state index contributed by atoms with van der Waals surface area (Å²) in [5.41, 5.74) is 3.50. The Hall–Kier alpha value is -1.51. The van der Waals surface area contributed by atoms with Gasteiger partial charge >= 0.3 is 0 Å². The van der Waals surface area contributed by atoms with E-state index in [1.165, 1.54) is 19.2 Å². The van der Waals surface area contributed by atoms with Gasteiger partial charge in [-0.1, -0.05) is 0 Å². The highest BCUT2D eigenvalue weighted by atomic mass is 32.2. The maximum absolute atomic E-state index is 11.8. The molecule has 0 N–H and O–H groups in total. The summed E-state index contributed by atoms with van der Waals surface area (Å²) in [6.45, 7) is 3.58. The number of hydrogen-bond donors (Lipinski definition) is 0. The standard InChI is InChI=1S/C12H14O3S/c1-10(2)8-9-16(13,14)12-6-4-11(15-3)5-7-12/h4-7,9H,1-3H3. The molecule has 0 radical (unpaired) electrons. The average molecular weight is 238 g/mol. The average Bonchev–Trinajstić information content (AvgIpc) is 2.27. The number of benzene rings is 1. The van der Waals surface area contributed by atoms with Crippen molar-refractivity contribution in [2.75, 3.05) is 7.11 Å². The monoisotopic (exact) mass is 238 g/mol. The molecule has 0 aliphatic carbocycles. The fourth-order valence-electron chi connectivity index (χ4n) is 1.03. The second-order valence-electron chi connectivity index (χ2n) is 3.48. The van der Waals surface area contributed by atoms with Crippen molar-refractivity contribution >= 4 is 9.84 Å². The molecule has 0 unspecified atom stereocenters. The Morgan fingerprint density at radius 3 is 2.25 bits per heavy atom. The first-order valence-electron chi connectivity index (χ1n) is 4.75. The number of rotatable bonds is 3. The molecule has 1 aromatic rings. The maximum atomic E-state index is 11.8. The van der Waals surface area contributed by atoms with Crippen molar-refractivity contribution < 1.29 is 13.2 Å². The summed E-state index contributed by atoms with van der Waals surface area (Å²) in [6, 6.07) is 6.25. The molecule has 0 saturated heterocycles. The van der Waals surface area contributed by atoms with E-state index in [2.05, 4.69) is 5.73 Å². The van der Waals surface area contributed by atoms with Crippen LogP contribution in [0.5, 0.6) is 5.75 Å². The van der Waals surface area contributed by atoms with E-state index in [0.29, 0.717) is 5.75 Å². The van der Waals surface area contributed by atoms with Crippen LogP contribution in [0.25, 0.3) is 0 Å². The van der Waals surface area contributed by atoms with E-state index >= 15 is 0 Å². The molecule has 0 saturated carbocycles. The summed E-state index contributed by atoms with van der Waals surface area (Å²) in [4.78, 5) is 0.238. The Labute approximate surface area is 96.0 Å². The fourth-order valence-corrected chi connectivity index (χ4v) is 2.07. The van der Waals surface area contributed by atoms with Gasteiger partial charge in [0, 0.05) is 0 Å². The number of ether oxygens (including phenoxy) is 1. The predicted molar refractivity (Wildman–Crippen MR) is 63.1 cm³/mol. The predicted octanol–water partition coefficient (Wildman–Crippen LogP) is 2.55. The second-order valence-corrected chi connectivity index (χ2v) is 5.28. The SMILES string of the molecule is COc1ccc(S(=O)(=O)C=C=C(C)C)cc1. The van der Waals surface area contributed by atoms with Crippen LogP contribution in [0.4, 0.5) is 0 Å². The molecule has 1 rings (SSSR count). The number of methoxy groups -OCH3 is 1. The zero-order valence-electron chi connectivity index (χ0n) is 9.52. The number of allylic oxidation sites excluding steroid dienone is 1. The number of hydrogen-bond acceptors (Lipinski definition) is 3. The van der Waals surface area contributed by atoms with Crippen LogP contribution in [-0.2, 0) is 9.84 Å². The molecule has 1 aromatic carbocycles. The lowest BCUT2D eigenvalue weighted by atomic mass is 10.3. The molecular formula is C12H14O3S. The van der Waals surface area contributed by atoms with Gasteiger partial charge in [-0.25, -0.2) is 8.42 Å². The minimum Gasteiger partial charge on any atom is -0.497 e. The van der Waals surface area contributed by atoms with Crippen molar-refractivity contribution in [3.8, 4) is 5.75 Å². The summed E-state index contributed by atoms with van der Waals surface area (Å²) < 4.78 is 28.5. The van der Waals surface area contributed by atoms with Crippen LogP contribution in [0.1, 0.15) is 13.8 Å². The van der Waals surface area contributed by atoms with Crippen LogP contribution in [0.3, 0.4) is 0 Å². The van der Waals surface area contributed by atoms with E-state index in [0.717, 1.165) is 11.0 Å². The molecule has 3 nitrogen and oxygen atoms in total. The summed E-state index contributed by atoms with van der Waals surface area (Å²) >= 11 is 0. The minimum atomic E-state index is -3.39. The van der Waals surface area contributed by atoms with E-state index < -0.39 is 9.84 Å². The lowest BCUT2D eigenvalue weighted by Gasteiger charge is -2.00. The van der Waals surface area contributed by atoms with E-state index in [9.17, 15) is 8.42 Å². The Morgan fingerprint density at radius 1 is 1.25 bits per heavy atom. The first-order valence-corrected chi connectivity index (χ1v) is 6.29. The van der Waals surface area contributed by atoms with Crippen molar-refractivity contribution in [3.05, 3.63) is 41.0 Å². The van der Waals surface area contributed by atoms with E-state index in [-0.39, 0.29) is 4.90 Å². The summed E-state index contributed by atoms with van der Waals surface area (Å²) in [5, 5.41) is 1.09. The highest BCUT2D eigenvalue weighted by Gasteiger charge is 2.09. The van der Waals surface area contributed by atoms with Gasteiger partial charge in [-0.2, -0.15) is 0 Å². The highest BCUT2D eigenvalue weighted by Crippen LogP contribution is 2.17. The summed E-state index contributed by atoms with van der Waals surface area (Å²) in [7, 11) is -1.86. The molecule has 86 valence electrons. The molecule has 0 aliphatic rings. The van der Waals surface area contributed by atoms with Crippen molar-refractivity contribution in [2.45, 2.75) is 18.7 Å². The molecule has 16 heavy (non-hydrogen) atoms. The molecule has 0 amide bonds. The van der Waals surface area contributed by atoms with Crippen LogP contribution in [0, 0.1) is 0 Å². The maximum Gasteiger partial charge on any atom is 0.207 e. The Morgan fingerprint density at radius 2 is 1.81 bits per heavy atom. The lowest BCUT2D eigenvalue weighted by molar-refractivity contribution is 0.414. The Balaban J connectivity index is 3.13. The van der Waals surface area contributed by atoms with Crippen molar-refractivity contribution in [2.24, 2.45) is 0 Å². The van der Waals surface area contributed by atoms with E-state index in [1.54, 1.807) is 26.0 Å². The molecule has 0 spiro atoms. The molecule has 0 atom stereocenters. The van der Waals surface area contributed by atoms with Crippen molar-refractivity contribution in [1.82, 2.24) is 0 Å². The second kappa shape index (κ2) is 5.01. The topological polar surface area (TPSA) is 43.4 Å². The van der Waals surface area contributed by atoms with E-state index in [4.69, 9.17) is 4.74 Å². The zero-order valence-corrected chi connectivity index (χ0v) is 10.3. The van der Waals surface area contributed by atoms with Gasteiger partial charge in [0.2, 0.25) is 9.84 Å². The third-order valence-electron chi connectivity index (χ3n) is 1.89. The van der Waals surface area contributed by atoms with Gasteiger partial charge in [0.1, 0.15) is 5.75 Å². The van der Waals surface area contributed by atoms with Gasteiger partial charge in [0.15, 0.2) is 0 Å². The van der Waals surface area contributed by atoms with Gasteiger partial charge in [-0.05, 0) is 43.7 Å². The largest absolute Gasteiger partial charge is 0.497 e. The molecular weight excluding hydrogens is 224 g/mol. The summed E-state index contributed by atoms with van der Waals surface area (Å²) in [5.74, 6) is 0.630. The lowest BCUT2D eigenvalue weighted by Crippen LogP contribution is -1.95. The zero-order chi connectivity index (χ0) is 12.2. The van der Waals surface area contributed by atoms with Crippen LogP contribution in [-0.4, -0.2) is 15.5 Å². The molecule has 4 heteroatoms. The third kappa shape index (κ3) is 3.26. The summed E-state index contributed by atoms with van der Waals surface area (Å²) in [6.07, 6.45) is 0. The van der Waals surface area contributed by atoms with Crippen LogP contribution >= 0.6 is 0 Å². The Kier molecular flexibility index (Phi) is 3.93. The van der Waals surface area contributed by atoms with Gasteiger partial charge < -0.3 is 4.74 Å². The molecule has 0 heterocycles. The van der Waals surface area contributed by atoms with Gasteiger partial charge in [-0.15, -0.1) is 5.73 Å². The highest BCUT2D eigenvalue weighted by molar-refractivity contribution is 7.94. The fraction of sp³-hybridized carbons (Fsp3) is 0.250. The van der Waals surface area contributed by atoms with Crippen LogP contribution < -0.4 is 4.74 Å². The first kappa shape index (κ1) is 12.6. The Bertz CT molecular complexity index is 514. The van der Waals surface area contributed by atoms with Crippen LogP contribution in [0.2, 0.25) is 0 Å². The third-order valence-corrected chi connectivity index (χ3v) is 3.25. The van der Waals surface area contributed by atoms with Gasteiger partial charge in [0.05, 0.1) is 17.4 Å². The smallest absolute Gasteiger partial charge is 0.207 e.